The first-order valence-electron chi connectivity index (χ1n) is 15.5. The molecular formula is C33H27F10N7O5S. The molecule has 0 spiro atoms. The van der Waals surface area contributed by atoms with Crippen LogP contribution >= 0.6 is 0 Å². The Bertz CT molecular complexity index is 2150. The second-order valence-corrected chi connectivity index (χ2v) is 13.3. The van der Waals surface area contributed by atoms with Crippen LogP contribution in [0, 0.1) is 23.3 Å². The Balaban J connectivity index is 1.60. The lowest BCUT2D eigenvalue weighted by Crippen LogP contribution is -2.57. The van der Waals surface area contributed by atoms with Gasteiger partial charge in [0.15, 0.2) is 0 Å². The van der Waals surface area contributed by atoms with E-state index in [1.807, 2.05) is 5.32 Å². The Labute approximate surface area is 310 Å². The molecule has 23 heteroatoms. The highest BCUT2D eigenvalue weighted by molar-refractivity contribution is 7.88. The number of aromatic nitrogens is 2. The molecule has 12 nitrogen and oxygen atoms in total. The molecule has 0 radical (unpaired) electrons. The number of hydrogen-bond acceptors (Lipinski definition) is 7. The van der Waals surface area contributed by atoms with E-state index in [9.17, 15) is 66.7 Å². The standard InChI is InChI=1S/C33H27F10N7O5S/c1-49(23-3-5-27(44-15-23)32(38,39)40)29(51)25(11-17-7-19(34)13-20(35)8-17)46-31(53)48-56(54,55)47-26(12-18-9-21(36)14-22(37)10-18)30(52)50(2)24-4-6-28(45-16-24)33(41,42)43/h3-10,13-16,25-26,47H,11-12H2,1-2H3,(H2,46,48,53)/t25-,26-/m0/s1. The lowest BCUT2D eigenvalue weighted by molar-refractivity contribution is -0.141. The third-order valence-corrected chi connectivity index (χ3v) is 8.71. The van der Waals surface area contributed by atoms with E-state index in [1.54, 1.807) is 4.72 Å². The lowest BCUT2D eigenvalue weighted by atomic mass is 10.0. The highest BCUT2D eigenvalue weighted by atomic mass is 32.2. The summed E-state index contributed by atoms with van der Waals surface area (Å²) < 4.78 is 164. The highest BCUT2D eigenvalue weighted by Crippen LogP contribution is 2.30. The molecule has 4 amide bonds. The van der Waals surface area contributed by atoms with Gasteiger partial charge in [-0.2, -0.15) is 39.5 Å². The predicted octanol–water partition coefficient (Wildman–Crippen LogP) is 5.05. The monoisotopic (exact) mass is 823 g/mol. The van der Waals surface area contributed by atoms with Crippen LogP contribution in [0.3, 0.4) is 0 Å². The van der Waals surface area contributed by atoms with Crippen LogP contribution in [0.15, 0.2) is 73.1 Å². The summed E-state index contributed by atoms with van der Waals surface area (Å²) in [7, 11) is -3.18. The zero-order chi connectivity index (χ0) is 41.7. The van der Waals surface area contributed by atoms with E-state index in [-0.39, 0.29) is 22.5 Å². The summed E-state index contributed by atoms with van der Waals surface area (Å²) in [5.41, 5.74) is -3.71. The summed E-state index contributed by atoms with van der Waals surface area (Å²) >= 11 is 0. The van der Waals surface area contributed by atoms with Gasteiger partial charge in [0.1, 0.15) is 46.7 Å². The summed E-state index contributed by atoms with van der Waals surface area (Å²) in [6.07, 6.45) is -9.90. The first-order valence-corrected chi connectivity index (χ1v) is 17.0. The van der Waals surface area contributed by atoms with E-state index < -0.39 is 100.0 Å². The van der Waals surface area contributed by atoms with Crippen molar-refractivity contribution in [1.29, 1.82) is 0 Å². The molecule has 56 heavy (non-hydrogen) atoms. The molecule has 2 heterocycles. The number of pyridine rings is 2. The molecule has 2 aromatic heterocycles. The molecule has 0 unspecified atom stereocenters. The van der Waals surface area contributed by atoms with Gasteiger partial charge in [0.05, 0.1) is 23.8 Å². The molecule has 0 aliphatic heterocycles. The maximum absolute atomic E-state index is 14.0. The molecule has 4 rings (SSSR count). The summed E-state index contributed by atoms with van der Waals surface area (Å²) in [6, 6.07) is 1.11. The van der Waals surface area contributed by atoms with Gasteiger partial charge in [-0.25, -0.2) is 37.0 Å². The van der Waals surface area contributed by atoms with E-state index in [1.165, 1.54) is 4.72 Å². The van der Waals surface area contributed by atoms with Gasteiger partial charge >= 0.3 is 28.6 Å². The Morgan fingerprint density at radius 3 is 1.38 bits per heavy atom. The molecule has 0 aliphatic rings. The number of nitrogens with one attached hydrogen (secondary N) is 3. The van der Waals surface area contributed by atoms with Crippen molar-refractivity contribution < 1.29 is 66.7 Å². The molecule has 0 saturated carbocycles. The second-order valence-electron chi connectivity index (χ2n) is 11.9. The maximum atomic E-state index is 14.0. The molecule has 2 atom stereocenters. The van der Waals surface area contributed by atoms with Crippen molar-refractivity contribution in [3.63, 3.8) is 0 Å². The van der Waals surface area contributed by atoms with Crippen LogP contribution in [0.4, 0.5) is 60.1 Å². The average molecular weight is 824 g/mol. The highest BCUT2D eigenvalue weighted by Gasteiger charge is 2.35. The predicted molar refractivity (Wildman–Crippen MR) is 177 cm³/mol. The lowest BCUT2D eigenvalue weighted by Gasteiger charge is -2.26. The smallest absolute Gasteiger partial charge is 0.325 e. The van der Waals surface area contributed by atoms with Gasteiger partial charge in [0, 0.05) is 32.6 Å². The van der Waals surface area contributed by atoms with Gasteiger partial charge in [-0.15, -0.1) is 0 Å². The van der Waals surface area contributed by atoms with Gasteiger partial charge in [-0.05, 0) is 66.1 Å². The summed E-state index contributed by atoms with van der Waals surface area (Å²) in [5, 5.41) is 1.98. The molecule has 0 aliphatic carbocycles. The van der Waals surface area contributed by atoms with E-state index in [4.69, 9.17) is 0 Å². The van der Waals surface area contributed by atoms with Crippen LogP contribution in [-0.4, -0.2) is 62.4 Å². The molecule has 4 aromatic rings. The number of alkyl halides is 6. The van der Waals surface area contributed by atoms with Gasteiger partial charge in [-0.3, -0.25) is 9.59 Å². The SMILES string of the molecule is CN(C(=O)[C@H](Cc1cc(F)cc(F)c1)NC(=O)NS(=O)(=O)N[C@@H](Cc1cc(F)cc(F)c1)C(=O)N(C)c1ccc(C(F)(F)F)nc1)c1ccc(C(F)(F)F)nc1. The summed E-state index contributed by atoms with van der Waals surface area (Å²) in [6.45, 7) is 0. The van der Waals surface area contributed by atoms with Gasteiger partial charge in [0.25, 0.3) is 0 Å². The first kappa shape index (κ1) is 42.9. The molecule has 2 aromatic carbocycles. The minimum absolute atomic E-state index is 0.241. The van der Waals surface area contributed by atoms with Crippen LogP contribution in [0.5, 0.6) is 0 Å². The minimum Gasteiger partial charge on any atom is -0.325 e. The largest absolute Gasteiger partial charge is 0.433 e. The number of carbonyl (C=O) groups excluding carboxylic acids is 3. The average Bonchev–Trinajstić information content (AvgIpc) is 3.08. The number of hydrogen-bond donors (Lipinski definition) is 3. The van der Waals surface area contributed by atoms with Crippen LogP contribution in [0.1, 0.15) is 22.5 Å². The normalized spacial score (nSPS) is 13.1. The quantitative estimate of drug-likeness (QED) is 0.169. The molecule has 300 valence electrons. The second kappa shape index (κ2) is 16.9. The van der Waals surface area contributed by atoms with Gasteiger partial charge in [-0.1, -0.05) is 0 Å². The van der Waals surface area contributed by atoms with E-state index in [0.717, 1.165) is 50.5 Å². The molecule has 0 fully saturated rings. The fraction of sp³-hybridized carbons (Fsp3) is 0.242. The third kappa shape index (κ3) is 11.6. The molecule has 0 saturated heterocycles. The van der Waals surface area contributed by atoms with Gasteiger partial charge in [0.2, 0.25) is 11.8 Å². The molecular weight excluding hydrogens is 796 g/mol. The van der Waals surface area contributed by atoms with E-state index in [2.05, 4.69) is 9.97 Å². The van der Waals surface area contributed by atoms with Crippen molar-refractivity contribution in [2.24, 2.45) is 0 Å². The Hall–Kier alpha value is -5.84. The number of rotatable bonds is 12. The summed E-state index contributed by atoms with van der Waals surface area (Å²) in [5.74, 6) is -6.84. The van der Waals surface area contributed by atoms with E-state index >= 15 is 0 Å². The number of urea groups is 1. The van der Waals surface area contributed by atoms with Crippen molar-refractivity contribution in [1.82, 2.24) is 24.7 Å². The number of amides is 4. The Morgan fingerprint density at radius 1 is 0.643 bits per heavy atom. The van der Waals surface area contributed by atoms with Crippen LogP contribution < -0.4 is 24.6 Å². The van der Waals surface area contributed by atoms with Crippen molar-refractivity contribution in [3.8, 4) is 0 Å². The number of carbonyl (C=O) groups is 3. The zero-order valence-corrected chi connectivity index (χ0v) is 29.3. The van der Waals surface area contributed by atoms with Crippen LogP contribution in [-0.2, 0) is 45.0 Å². The van der Waals surface area contributed by atoms with Crippen LogP contribution in [0.2, 0.25) is 0 Å². The van der Waals surface area contributed by atoms with Gasteiger partial charge < -0.3 is 15.1 Å². The topological polar surface area (TPSA) is 154 Å². The molecule has 0 bridgehead atoms. The Kier molecular flexibility index (Phi) is 12.9. The van der Waals surface area contributed by atoms with Crippen molar-refractivity contribution in [2.75, 3.05) is 23.9 Å². The van der Waals surface area contributed by atoms with Crippen molar-refractivity contribution >= 4 is 39.4 Å². The fourth-order valence-corrected chi connectivity index (χ4v) is 5.98. The number of likely N-dealkylation sites (N-methyl/N-ethyl adjacent to an activating group) is 2. The zero-order valence-electron chi connectivity index (χ0n) is 28.5. The van der Waals surface area contributed by atoms with Crippen LogP contribution in [0.25, 0.3) is 0 Å². The van der Waals surface area contributed by atoms with Crippen molar-refractivity contribution in [2.45, 2.75) is 37.3 Å². The fourth-order valence-electron chi connectivity index (χ4n) is 5.06. The first-order chi connectivity index (χ1) is 25.9. The number of benzene rings is 2. The number of nitrogens with zero attached hydrogens (tertiary/aromatic N) is 4. The third-order valence-electron chi connectivity index (χ3n) is 7.66. The molecule has 3 N–H and O–H groups in total. The Morgan fingerprint density at radius 2 is 1.02 bits per heavy atom. The van der Waals surface area contributed by atoms with Crippen molar-refractivity contribution in [3.05, 3.63) is 119 Å². The minimum atomic E-state index is -5.23. The maximum Gasteiger partial charge on any atom is 0.433 e. The summed E-state index contributed by atoms with van der Waals surface area (Å²) in [4.78, 5) is 47.9. The number of halogens is 10. The van der Waals surface area contributed by atoms with E-state index in [0.29, 0.717) is 46.5 Å². The number of anilines is 2.